The van der Waals surface area contributed by atoms with Crippen LogP contribution >= 0.6 is 0 Å². The maximum atomic E-state index is 8.75. The fourth-order valence-corrected chi connectivity index (χ4v) is 2.96. The molecular formula is C17H24N2O. The molecule has 0 amide bonds. The zero-order valence-electron chi connectivity index (χ0n) is 12.6. The molecule has 1 saturated heterocycles. The molecule has 0 spiro atoms. The molecule has 0 radical (unpaired) electrons. The molecule has 0 aliphatic carbocycles. The van der Waals surface area contributed by atoms with Crippen LogP contribution in [0.5, 0.6) is 5.75 Å². The van der Waals surface area contributed by atoms with E-state index < -0.39 is 0 Å². The smallest absolute Gasteiger partial charge is 0.119 e. The Morgan fingerprint density at radius 1 is 1.25 bits per heavy atom. The van der Waals surface area contributed by atoms with Gasteiger partial charge in [-0.1, -0.05) is 13.8 Å². The van der Waals surface area contributed by atoms with E-state index in [4.69, 9.17) is 10.00 Å². The molecule has 0 unspecified atom stereocenters. The van der Waals surface area contributed by atoms with E-state index in [1.54, 1.807) is 12.1 Å². The molecule has 0 saturated carbocycles. The van der Waals surface area contributed by atoms with Gasteiger partial charge in [-0.15, -0.1) is 0 Å². The molecule has 1 heterocycles. The van der Waals surface area contributed by atoms with E-state index in [2.05, 4.69) is 24.8 Å². The summed E-state index contributed by atoms with van der Waals surface area (Å²) in [6, 6.07) is 9.44. The highest BCUT2D eigenvalue weighted by Gasteiger charge is 2.34. The van der Waals surface area contributed by atoms with Crippen molar-refractivity contribution in [3.8, 4) is 11.8 Å². The molecule has 3 heteroatoms. The monoisotopic (exact) mass is 272 g/mol. The van der Waals surface area contributed by atoms with Gasteiger partial charge in [0.15, 0.2) is 0 Å². The number of ether oxygens (including phenoxy) is 1. The number of benzene rings is 1. The van der Waals surface area contributed by atoms with Crippen LogP contribution in [0.1, 0.15) is 38.7 Å². The topological polar surface area (TPSA) is 36.3 Å². The summed E-state index contributed by atoms with van der Waals surface area (Å²) in [4.78, 5) is 2.51. The lowest BCUT2D eigenvalue weighted by Crippen LogP contribution is -2.29. The highest BCUT2D eigenvalue weighted by atomic mass is 16.5. The van der Waals surface area contributed by atoms with Gasteiger partial charge in [0.25, 0.3) is 0 Å². The quantitative estimate of drug-likeness (QED) is 0.796. The van der Waals surface area contributed by atoms with Gasteiger partial charge < -0.3 is 4.74 Å². The van der Waals surface area contributed by atoms with Gasteiger partial charge in [-0.3, -0.25) is 4.90 Å². The minimum atomic E-state index is 0.536. The molecule has 1 aliphatic heterocycles. The number of nitriles is 1. The third-order valence-corrected chi connectivity index (χ3v) is 4.68. The maximum Gasteiger partial charge on any atom is 0.119 e. The highest BCUT2D eigenvalue weighted by molar-refractivity contribution is 5.34. The van der Waals surface area contributed by atoms with Gasteiger partial charge in [-0.2, -0.15) is 5.26 Å². The average Bonchev–Trinajstić information content (AvgIpc) is 2.92. The van der Waals surface area contributed by atoms with Crippen LogP contribution in [-0.4, -0.2) is 31.1 Å². The molecular weight excluding hydrogens is 248 g/mol. The molecule has 108 valence electrons. The lowest BCUT2D eigenvalue weighted by Gasteiger charge is -2.26. The Morgan fingerprint density at radius 2 is 1.95 bits per heavy atom. The zero-order valence-corrected chi connectivity index (χ0v) is 12.6. The molecule has 1 aromatic rings. The van der Waals surface area contributed by atoms with Crippen LogP contribution < -0.4 is 4.74 Å². The van der Waals surface area contributed by atoms with Crippen LogP contribution in [0.3, 0.4) is 0 Å². The van der Waals surface area contributed by atoms with Crippen molar-refractivity contribution in [2.24, 2.45) is 5.41 Å². The third kappa shape index (κ3) is 3.52. The van der Waals surface area contributed by atoms with Gasteiger partial charge in [0.05, 0.1) is 11.6 Å². The summed E-state index contributed by atoms with van der Waals surface area (Å²) in [6.07, 6.45) is 3.86. The number of hydrogen-bond acceptors (Lipinski definition) is 3. The second-order valence-corrected chi connectivity index (χ2v) is 5.72. The fourth-order valence-electron chi connectivity index (χ4n) is 2.96. The molecule has 1 aliphatic rings. The van der Waals surface area contributed by atoms with Gasteiger partial charge in [-0.25, -0.2) is 0 Å². The second kappa shape index (κ2) is 6.76. The van der Waals surface area contributed by atoms with E-state index in [0.29, 0.717) is 11.0 Å². The standard InChI is InChI=1S/C17H24N2O/c1-3-17(4-2)9-10-19(14-17)11-12-20-16-7-5-15(13-18)6-8-16/h5-8H,3-4,9-12,14H2,1-2H3. The Labute approximate surface area is 122 Å². The van der Waals surface area contributed by atoms with E-state index in [1.165, 1.54) is 32.4 Å². The summed E-state index contributed by atoms with van der Waals surface area (Å²) >= 11 is 0. The first kappa shape index (κ1) is 14.9. The summed E-state index contributed by atoms with van der Waals surface area (Å²) in [5.41, 5.74) is 1.21. The first-order valence-corrected chi connectivity index (χ1v) is 7.56. The van der Waals surface area contributed by atoms with Crippen LogP contribution in [-0.2, 0) is 0 Å². The van der Waals surface area contributed by atoms with Crippen molar-refractivity contribution in [1.29, 1.82) is 5.26 Å². The average molecular weight is 272 g/mol. The van der Waals surface area contributed by atoms with Gasteiger partial charge >= 0.3 is 0 Å². The van der Waals surface area contributed by atoms with Crippen molar-refractivity contribution in [1.82, 2.24) is 4.90 Å². The number of likely N-dealkylation sites (tertiary alicyclic amines) is 1. The number of rotatable bonds is 6. The number of hydrogen-bond donors (Lipinski definition) is 0. The first-order chi connectivity index (χ1) is 9.71. The van der Waals surface area contributed by atoms with Crippen LogP contribution in [0.4, 0.5) is 0 Å². The van der Waals surface area contributed by atoms with E-state index in [9.17, 15) is 0 Å². The van der Waals surface area contributed by atoms with Crippen LogP contribution in [0, 0.1) is 16.7 Å². The Hall–Kier alpha value is -1.53. The predicted octanol–water partition coefficient (Wildman–Crippen LogP) is 3.45. The summed E-state index contributed by atoms with van der Waals surface area (Å²) in [5.74, 6) is 0.848. The molecule has 0 aromatic heterocycles. The molecule has 2 rings (SSSR count). The van der Waals surface area contributed by atoms with Crippen LogP contribution in [0.25, 0.3) is 0 Å². The minimum absolute atomic E-state index is 0.536. The van der Waals surface area contributed by atoms with E-state index in [0.717, 1.165) is 18.9 Å². The predicted molar refractivity (Wildman–Crippen MR) is 80.7 cm³/mol. The molecule has 1 fully saturated rings. The lowest BCUT2D eigenvalue weighted by molar-refractivity contribution is 0.204. The molecule has 0 N–H and O–H groups in total. The Bertz CT molecular complexity index is 457. The molecule has 20 heavy (non-hydrogen) atoms. The summed E-state index contributed by atoms with van der Waals surface area (Å²) in [5, 5.41) is 8.75. The van der Waals surface area contributed by atoms with Crippen LogP contribution in [0.2, 0.25) is 0 Å². The van der Waals surface area contributed by atoms with Gasteiger partial charge in [0.2, 0.25) is 0 Å². The first-order valence-electron chi connectivity index (χ1n) is 7.56. The van der Waals surface area contributed by atoms with E-state index in [-0.39, 0.29) is 0 Å². The van der Waals surface area contributed by atoms with Crippen molar-refractivity contribution >= 4 is 0 Å². The normalized spacial score (nSPS) is 17.9. The van der Waals surface area contributed by atoms with Crippen molar-refractivity contribution in [2.45, 2.75) is 33.1 Å². The summed E-state index contributed by atoms with van der Waals surface area (Å²) in [6.45, 7) is 8.72. The fraction of sp³-hybridized carbons (Fsp3) is 0.588. The van der Waals surface area contributed by atoms with Crippen molar-refractivity contribution in [3.05, 3.63) is 29.8 Å². The highest BCUT2D eigenvalue weighted by Crippen LogP contribution is 2.36. The molecule has 1 aromatic carbocycles. The van der Waals surface area contributed by atoms with Crippen LogP contribution in [0.15, 0.2) is 24.3 Å². The molecule has 0 bridgehead atoms. The SMILES string of the molecule is CCC1(CC)CCN(CCOc2ccc(C#N)cc2)C1. The Morgan fingerprint density at radius 3 is 2.50 bits per heavy atom. The maximum absolute atomic E-state index is 8.75. The second-order valence-electron chi connectivity index (χ2n) is 5.72. The van der Waals surface area contributed by atoms with Crippen molar-refractivity contribution in [2.75, 3.05) is 26.2 Å². The molecule has 0 atom stereocenters. The van der Waals surface area contributed by atoms with Gasteiger partial charge in [-0.05, 0) is 55.5 Å². The van der Waals surface area contributed by atoms with Crippen molar-refractivity contribution < 1.29 is 4.74 Å². The largest absolute Gasteiger partial charge is 0.492 e. The number of nitrogens with zero attached hydrogens (tertiary/aromatic N) is 2. The third-order valence-electron chi connectivity index (χ3n) is 4.68. The lowest BCUT2D eigenvalue weighted by atomic mass is 9.82. The molecule has 3 nitrogen and oxygen atoms in total. The minimum Gasteiger partial charge on any atom is -0.492 e. The van der Waals surface area contributed by atoms with Gasteiger partial charge in [0, 0.05) is 13.1 Å². The summed E-state index contributed by atoms with van der Waals surface area (Å²) in [7, 11) is 0. The van der Waals surface area contributed by atoms with Crippen molar-refractivity contribution in [3.63, 3.8) is 0 Å². The van der Waals surface area contributed by atoms with E-state index in [1.807, 2.05) is 12.1 Å². The van der Waals surface area contributed by atoms with E-state index >= 15 is 0 Å². The Balaban J connectivity index is 1.75. The Kier molecular flexibility index (Phi) is 5.03. The summed E-state index contributed by atoms with van der Waals surface area (Å²) < 4.78 is 5.75. The zero-order chi connectivity index (χ0) is 14.4. The van der Waals surface area contributed by atoms with Gasteiger partial charge in [0.1, 0.15) is 12.4 Å².